The van der Waals surface area contributed by atoms with E-state index in [1.807, 2.05) is 115 Å². The number of nitrogens with zero attached hydrogens (tertiary/aromatic N) is 4. The van der Waals surface area contributed by atoms with E-state index in [1.165, 1.54) is 43.3 Å². The molecule has 4 aliphatic heterocycles. The van der Waals surface area contributed by atoms with Crippen LogP contribution in [0.15, 0.2) is 201 Å². The van der Waals surface area contributed by atoms with E-state index >= 15 is 0 Å². The van der Waals surface area contributed by atoms with E-state index in [9.17, 15) is 24.0 Å². The summed E-state index contributed by atoms with van der Waals surface area (Å²) in [6.07, 6.45) is 0. The minimum absolute atomic E-state index is 0.0201. The first-order valence-corrected chi connectivity index (χ1v) is 21.7. The number of fused-ring (bicyclic) bond motifs is 10. The van der Waals surface area contributed by atoms with Gasteiger partial charge in [0.25, 0.3) is 0 Å². The Bertz CT molecular complexity index is 4110. The number of nitrogens with two attached hydrogens (primary N) is 1. The molecule has 0 fully saturated rings. The number of carbonyl (C=O) groups is 1. The predicted molar refractivity (Wildman–Crippen MR) is 269 cm³/mol. The summed E-state index contributed by atoms with van der Waals surface area (Å²) in [5, 5.41) is 3.99. The number of benzene rings is 9. The molecule has 0 bridgehead atoms. The quantitative estimate of drug-likeness (QED) is 0.0887. The van der Waals surface area contributed by atoms with Crippen LogP contribution in [0.5, 0.6) is 0 Å². The maximum atomic E-state index is 12.0. The molecule has 4 aliphatic carbocycles. The number of aryl methyl sites for hydroxylation is 1. The lowest BCUT2D eigenvalue weighted by Gasteiger charge is -2.08. The molecule has 0 saturated carbocycles. The largest absolute Gasteiger partial charge is 0.453 e. The van der Waals surface area contributed by atoms with Crippen LogP contribution in [0.3, 0.4) is 0 Å². The van der Waals surface area contributed by atoms with Gasteiger partial charge in [-0.3, -0.25) is 24.0 Å². The van der Waals surface area contributed by atoms with Crippen LogP contribution in [0.1, 0.15) is 12.5 Å². The SMILES string of the molecule is CC(=O)Nc1cc2nc3ccccc3oc-2cc1=O.Cc1cc2nc3ccccc3oc-2cc1=O.Nc1cc2nc3ccccc3oc-2cc1=O.O=c1cc2oc3ccccc3nc-2c2ccccc12. The molecule has 0 unspecified atom stereocenters. The summed E-state index contributed by atoms with van der Waals surface area (Å²) >= 11 is 0. The first kappa shape index (κ1) is 44.0. The number of para-hydroxylation sites is 8. The Balaban J connectivity index is 0.000000108. The average molecular weight is 925 g/mol. The zero-order chi connectivity index (χ0) is 48.5. The van der Waals surface area contributed by atoms with E-state index in [2.05, 4.69) is 25.3 Å². The van der Waals surface area contributed by atoms with E-state index in [-0.39, 0.29) is 39.0 Å². The van der Waals surface area contributed by atoms with Gasteiger partial charge in [-0.1, -0.05) is 72.8 Å². The summed E-state index contributed by atoms with van der Waals surface area (Å²) in [6.45, 7) is 3.13. The van der Waals surface area contributed by atoms with Gasteiger partial charge in [0.2, 0.25) is 16.8 Å². The van der Waals surface area contributed by atoms with Gasteiger partial charge < -0.3 is 28.7 Å². The Morgan fingerprint density at radius 2 is 0.843 bits per heavy atom. The number of anilines is 2. The van der Waals surface area contributed by atoms with Gasteiger partial charge in [-0.25, -0.2) is 19.9 Å². The molecule has 70 heavy (non-hydrogen) atoms. The third-order valence-corrected chi connectivity index (χ3v) is 11.0. The van der Waals surface area contributed by atoms with Crippen LogP contribution in [0.25, 0.3) is 101 Å². The van der Waals surface area contributed by atoms with Crippen molar-refractivity contribution < 1.29 is 22.5 Å². The number of rotatable bonds is 1. The molecule has 0 radical (unpaired) electrons. The summed E-state index contributed by atoms with van der Waals surface area (Å²) in [4.78, 5) is 75.5. The van der Waals surface area contributed by atoms with E-state index < -0.39 is 0 Å². The van der Waals surface area contributed by atoms with Gasteiger partial charge in [0.05, 0.1) is 11.4 Å². The second kappa shape index (κ2) is 18.4. The van der Waals surface area contributed by atoms with Gasteiger partial charge in [-0.05, 0) is 79.2 Å². The topological polar surface area (TPSA) is 228 Å². The van der Waals surface area contributed by atoms with Crippen molar-refractivity contribution in [2.45, 2.75) is 13.8 Å². The van der Waals surface area contributed by atoms with Crippen molar-refractivity contribution in [1.29, 1.82) is 0 Å². The zero-order valence-corrected chi connectivity index (χ0v) is 37.1. The molecule has 340 valence electrons. The fourth-order valence-corrected chi connectivity index (χ4v) is 7.59. The van der Waals surface area contributed by atoms with E-state index in [0.29, 0.717) is 73.2 Å². The van der Waals surface area contributed by atoms with Crippen LogP contribution >= 0.6 is 0 Å². The molecular weight excluding hydrogens is 889 g/mol. The first-order chi connectivity index (χ1) is 33.9. The van der Waals surface area contributed by atoms with E-state index in [4.69, 9.17) is 23.4 Å². The molecule has 15 heteroatoms. The van der Waals surface area contributed by atoms with Crippen molar-refractivity contribution in [1.82, 2.24) is 19.9 Å². The lowest BCUT2D eigenvalue weighted by atomic mass is 10.1. The van der Waals surface area contributed by atoms with Gasteiger partial charge in [0.1, 0.15) is 44.8 Å². The van der Waals surface area contributed by atoms with Crippen LogP contribution in [0.2, 0.25) is 0 Å². The molecular formula is C55H36N6O9. The van der Waals surface area contributed by atoms with Gasteiger partial charge in [0.15, 0.2) is 56.2 Å². The highest BCUT2D eigenvalue weighted by atomic mass is 16.3. The number of hydrogen-bond acceptors (Lipinski definition) is 14. The highest BCUT2D eigenvalue weighted by Crippen LogP contribution is 2.31. The lowest BCUT2D eigenvalue weighted by Crippen LogP contribution is -2.15. The summed E-state index contributed by atoms with van der Waals surface area (Å²) < 4.78 is 22.6. The number of amides is 1. The molecule has 8 aliphatic rings. The number of carbonyl (C=O) groups excluding carboxylic acids is 1. The Labute approximate surface area is 394 Å². The maximum absolute atomic E-state index is 12.0. The number of nitrogens with one attached hydrogen (secondary N) is 1. The molecule has 0 spiro atoms. The average Bonchev–Trinajstić information content (AvgIpc) is 3.36. The van der Waals surface area contributed by atoms with Crippen molar-refractivity contribution in [2.75, 3.05) is 11.1 Å². The molecule has 5 aromatic carbocycles. The van der Waals surface area contributed by atoms with Gasteiger partial charge in [-0.2, -0.15) is 0 Å². The highest BCUT2D eigenvalue weighted by molar-refractivity contribution is 5.96. The number of aromatic nitrogens is 4. The third-order valence-electron chi connectivity index (χ3n) is 11.0. The lowest BCUT2D eigenvalue weighted by molar-refractivity contribution is -0.114. The van der Waals surface area contributed by atoms with Gasteiger partial charge in [-0.15, -0.1) is 0 Å². The number of nitrogen functional groups attached to an aromatic ring is 1. The zero-order valence-electron chi connectivity index (χ0n) is 37.1. The molecule has 15 nitrogen and oxygen atoms in total. The summed E-state index contributed by atoms with van der Waals surface area (Å²) in [6, 6.07) is 47.7. The molecule has 5 aromatic rings. The normalized spacial score (nSPS) is 11.1. The second-order valence-corrected chi connectivity index (χ2v) is 15.9. The predicted octanol–water partition coefficient (Wildman–Crippen LogP) is 10.2. The smallest absolute Gasteiger partial charge is 0.221 e. The summed E-state index contributed by atoms with van der Waals surface area (Å²) in [5.41, 5.74) is 14.3. The minimum atomic E-state index is -0.302. The van der Waals surface area contributed by atoms with Crippen LogP contribution in [-0.2, 0) is 4.79 Å². The monoisotopic (exact) mass is 924 g/mol. The molecule has 0 atom stereocenters. The Kier molecular flexibility index (Phi) is 11.6. The van der Waals surface area contributed by atoms with Crippen molar-refractivity contribution in [3.63, 3.8) is 0 Å². The minimum Gasteiger partial charge on any atom is -0.453 e. The summed E-state index contributed by atoms with van der Waals surface area (Å²) in [7, 11) is 0. The second-order valence-electron chi connectivity index (χ2n) is 15.9. The van der Waals surface area contributed by atoms with Crippen molar-refractivity contribution in [2.24, 2.45) is 0 Å². The van der Waals surface area contributed by atoms with Crippen LogP contribution in [0, 0.1) is 6.92 Å². The summed E-state index contributed by atoms with van der Waals surface area (Å²) in [5.74, 6) is 1.63. The molecule has 1 amide bonds. The van der Waals surface area contributed by atoms with Crippen LogP contribution < -0.4 is 32.8 Å². The maximum Gasteiger partial charge on any atom is 0.221 e. The molecule has 0 saturated heterocycles. The molecule has 3 N–H and O–H groups in total. The van der Waals surface area contributed by atoms with Crippen molar-refractivity contribution in [3.05, 3.63) is 210 Å². The van der Waals surface area contributed by atoms with Crippen molar-refractivity contribution in [3.8, 4) is 45.8 Å². The highest BCUT2D eigenvalue weighted by Gasteiger charge is 2.16. The van der Waals surface area contributed by atoms with E-state index in [0.717, 1.165) is 33.3 Å². The molecule has 13 rings (SSSR count). The van der Waals surface area contributed by atoms with E-state index in [1.54, 1.807) is 19.1 Å². The van der Waals surface area contributed by atoms with Gasteiger partial charge >= 0.3 is 0 Å². The fourth-order valence-electron chi connectivity index (χ4n) is 7.59. The van der Waals surface area contributed by atoms with Crippen LogP contribution in [-0.4, -0.2) is 25.8 Å². The number of hydrogen-bond donors (Lipinski definition) is 2. The fraction of sp³-hybridized carbons (Fsp3) is 0.0364. The third kappa shape index (κ3) is 9.00. The molecule has 0 aromatic heterocycles. The standard InChI is InChI=1S/C16H9NO2.C14H10N2O3.C13H9NO2.C12H8N2O2/c18-13-9-15-16(11-6-2-1-5-10(11)13)17-12-7-3-4-8-14(12)19-15;1-8(17)15-10-6-11-14(7-12(10)18)19-13-5-3-2-4-9(13)16-11;1-8-6-10-13(7-11(8)15)16-12-5-3-2-4-9(12)14-10;13-7-5-9-12(6-10(7)15)16-11-4-2-1-3-8(11)14-9/h1-9H;2-7H,1H3,(H,15,17);2-7H,1H3;1-6H,13H2. The Hall–Kier alpha value is -9.89. The molecule has 4 heterocycles. The Morgan fingerprint density at radius 3 is 1.37 bits per heavy atom. The van der Waals surface area contributed by atoms with Crippen molar-refractivity contribution >= 4 is 72.5 Å². The first-order valence-electron chi connectivity index (χ1n) is 21.7. The Morgan fingerprint density at radius 1 is 0.443 bits per heavy atom. The van der Waals surface area contributed by atoms with Gasteiger partial charge in [0, 0.05) is 42.0 Å². The van der Waals surface area contributed by atoms with Crippen LogP contribution in [0.4, 0.5) is 11.4 Å².